The van der Waals surface area contributed by atoms with Gasteiger partial charge < -0.3 is 9.72 Å². The van der Waals surface area contributed by atoms with Gasteiger partial charge in [-0.3, -0.25) is 9.69 Å². The molecule has 4 aromatic rings. The summed E-state index contributed by atoms with van der Waals surface area (Å²) in [7, 11) is 1.65. The van der Waals surface area contributed by atoms with Crippen molar-refractivity contribution in [1.82, 2.24) is 9.97 Å². The number of H-pyrrole nitrogens is 1. The van der Waals surface area contributed by atoms with Gasteiger partial charge in [-0.2, -0.15) is 0 Å². The Bertz CT molecular complexity index is 1150. The Morgan fingerprint density at radius 1 is 1.04 bits per heavy atom. The molecular formula is C22H17N3O2. The number of aromatic nitrogens is 2. The van der Waals surface area contributed by atoms with Crippen molar-refractivity contribution in [3.63, 3.8) is 0 Å². The summed E-state index contributed by atoms with van der Waals surface area (Å²) < 4.78 is 5.28. The van der Waals surface area contributed by atoms with Crippen LogP contribution in [0.4, 0.5) is 5.69 Å². The molecule has 0 saturated heterocycles. The van der Waals surface area contributed by atoms with E-state index in [1.165, 1.54) is 0 Å². The normalized spacial score (nSPS) is 16.0. The minimum absolute atomic E-state index is 0.00121. The number of amides is 1. The molecule has 2 heterocycles. The second-order valence-corrected chi connectivity index (χ2v) is 6.54. The van der Waals surface area contributed by atoms with Crippen LogP contribution in [-0.4, -0.2) is 23.0 Å². The number of nitrogens with one attached hydrogen (secondary N) is 1. The van der Waals surface area contributed by atoms with Gasteiger partial charge in [0.1, 0.15) is 5.75 Å². The third kappa shape index (κ3) is 2.39. The first-order valence-electron chi connectivity index (χ1n) is 8.76. The highest BCUT2D eigenvalue weighted by Gasteiger charge is 2.38. The predicted molar refractivity (Wildman–Crippen MR) is 104 cm³/mol. The fraction of sp³-hybridized carbons (Fsp3) is 0.0909. The quantitative estimate of drug-likeness (QED) is 0.595. The number of anilines is 1. The number of hydrogen-bond donors (Lipinski definition) is 1. The molecule has 27 heavy (non-hydrogen) atoms. The maximum Gasteiger partial charge on any atom is 0.259 e. The predicted octanol–water partition coefficient (Wildman–Crippen LogP) is 4.32. The summed E-state index contributed by atoms with van der Waals surface area (Å²) in [5.41, 5.74) is 5.40. The summed E-state index contributed by atoms with van der Waals surface area (Å²) in [6.45, 7) is 0. The van der Waals surface area contributed by atoms with Crippen LogP contribution in [0.2, 0.25) is 0 Å². The molecule has 0 fully saturated rings. The van der Waals surface area contributed by atoms with Gasteiger partial charge in [-0.25, -0.2) is 4.98 Å². The van der Waals surface area contributed by atoms with Crippen LogP contribution in [0, 0.1) is 0 Å². The first-order chi connectivity index (χ1) is 13.3. The molecule has 1 atom stereocenters. The zero-order chi connectivity index (χ0) is 18.4. The number of aromatic amines is 1. The lowest BCUT2D eigenvalue weighted by Crippen LogP contribution is -2.28. The smallest absolute Gasteiger partial charge is 0.259 e. The lowest BCUT2D eigenvalue weighted by Gasteiger charge is -2.26. The van der Waals surface area contributed by atoms with E-state index in [1.807, 2.05) is 71.6 Å². The Morgan fingerprint density at radius 3 is 2.67 bits per heavy atom. The zero-order valence-corrected chi connectivity index (χ0v) is 14.7. The lowest BCUT2D eigenvalue weighted by molar-refractivity contribution is 0.0993. The monoisotopic (exact) mass is 355 g/mol. The van der Waals surface area contributed by atoms with Crippen LogP contribution in [0.25, 0.3) is 11.0 Å². The Balaban J connectivity index is 1.68. The Morgan fingerprint density at radius 2 is 1.85 bits per heavy atom. The maximum atomic E-state index is 13.3. The molecule has 1 aliphatic heterocycles. The molecule has 0 radical (unpaired) electrons. The second-order valence-electron chi connectivity index (χ2n) is 6.54. The van der Waals surface area contributed by atoms with Crippen molar-refractivity contribution in [1.29, 1.82) is 0 Å². The van der Waals surface area contributed by atoms with Crippen LogP contribution in [0.3, 0.4) is 0 Å². The number of fused-ring (bicyclic) bond motifs is 2. The fourth-order valence-electron chi connectivity index (χ4n) is 3.77. The van der Waals surface area contributed by atoms with Gasteiger partial charge in [0.2, 0.25) is 0 Å². The summed E-state index contributed by atoms with van der Waals surface area (Å²) in [5, 5.41) is 0. The number of rotatable bonds is 3. The van der Waals surface area contributed by atoms with E-state index in [4.69, 9.17) is 4.74 Å². The molecule has 0 aliphatic carbocycles. The van der Waals surface area contributed by atoms with Crippen molar-refractivity contribution in [3.8, 4) is 5.75 Å². The van der Waals surface area contributed by atoms with Gasteiger partial charge in [0.25, 0.3) is 5.91 Å². The topological polar surface area (TPSA) is 58.2 Å². The number of carbonyl (C=O) groups is 1. The maximum absolute atomic E-state index is 13.3. The lowest BCUT2D eigenvalue weighted by atomic mass is 9.97. The fourth-order valence-corrected chi connectivity index (χ4v) is 3.77. The summed E-state index contributed by atoms with van der Waals surface area (Å²) in [6, 6.07) is 21.4. The van der Waals surface area contributed by atoms with E-state index in [1.54, 1.807) is 13.4 Å². The number of carbonyl (C=O) groups excluding carboxylic acids is 1. The molecule has 3 aromatic carbocycles. The summed E-state index contributed by atoms with van der Waals surface area (Å²) in [6.07, 6.45) is 1.66. The van der Waals surface area contributed by atoms with Gasteiger partial charge in [-0.05, 0) is 47.5 Å². The molecule has 0 bridgehead atoms. The summed E-state index contributed by atoms with van der Waals surface area (Å²) in [4.78, 5) is 22.5. The number of hydrogen-bond acceptors (Lipinski definition) is 3. The first-order valence-corrected chi connectivity index (χ1v) is 8.76. The molecular weight excluding hydrogens is 338 g/mol. The third-order valence-electron chi connectivity index (χ3n) is 5.08. The summed E-state index contributed by atoms with van der Waals surface area (Å²) in [5.74, 6) is 0.794. The van der Waals surface area contributed by atoms with Gasteiger partial charge in [0.05, 0.1) is 30.5 Å². The molecule has 132 valence electrons. The molecule has 1 aromatic heterocycles. The van der Waals surface area contributed by atoms with Crippen molar-refractivity contribution in [2.45, 2.75) is 6.04 Å². The summed E-state index contributed by atoms with van der Waals surface area (Å²) >= 11 is 0. The Kier molecular flexibility index (Phi) is 3.47. The van der Waals surface area contributed by atoms with E-state index in [2.05, 4.69) is 9.97 Å². The zero-order valence-electron chi connectivity index (χ0n) is 14.7. The molecule has 0 saturated carbocycles. The molecule has 1 amide bonds. The van der Waals surface area contributed by atoms with Gasteiger partial charge in [0, 0.05) is 11.3 Å². The van der Waals surface area contributed by atoms with E-state index in [0.29, 0.717) is 0 Å². The molecule has 0 spiro atoms. The highest BCUT2D eigenvalue weighted by atomic mass is 16.5. The first kappa shape index (κ1) is 15.6. The van der Waals surface area contributed by atoms with Crippen molar-refractivity contribution >= 4 is 22.6 Å². The van der Waals surface area contributed by atoms with Crippen LogP contribution in [0.1, 0.15) is 27.5 Å². The van der Waals surface area contributed by atoms with Crippen molar-refractivity contribution in [2.24, 2.45) is 0 Å². The van der Waals surface area contributed by atoms with E-state index >= 15 is 0 Å². The van der Waals surface area contributed by atoms with Crippen molar-refractivity contribution < 1.29 is 9.53 Å². The third-order valence-corrected chi connectivity index (χ3v) is 5.08. The molecule has 5 rings (SSSR count). The van der Waals surface area contributed by atoms with Crippen molar-refractivity contribution in [3.05, 3.63) is 89.7 Å². The number of ether oxygens (including phenoxy) is 1. The SMILES string of the molecule is COc1ccc(C2c3ccccc3C(=O)N2c2ccc3[nH]cnc3c2)cc1. The molecule has 1 unspecified atom stereocenters. The minimum atomic E-state index is -0.184. The molecule has 5 heteroatoms. The van der Waals surface area contributed by atoms with Crippen LogP contribution in [0.15, 0.2) is 73.1 Å². The number of imidazole rings is 1. The number of methoxy groups -OCH3 is 1. The highest BCUT2D eigenvalue weighted by Crippen LogP contribution is 2.42. The molecule has 1 N–H and O–H groups in total. The van der Waals surface area contributed by atoms with Crippen LogP contribution >= 0.6 is 0 Å². The minimum Gasteiger partial charge on any atom is -0.497 e. The molecule has 5 nitrogen and oxygen atoms in total. The van der Waals surface area contributed by atoms with E-state index < -0.39 is 0 Å². The van der Waals surface area contributed by atoms with E-state index in [-0.39, 0.29) is 11.9 Å². The van der Waals surface area contributed by atoms with Crippen LogP contribution in [-0.2, 0) is 0 Å². The van der Waals surface area contributed by atoms with Crippen LogP contribution < -0.4 is 9.64 Å². The average molecular weight is 355 g/mol. The van der Waals surface area contributed by atoms with E-state index in [0.717, 1.165) is 39.2 Å². The molecule has 1 aliphatic rings. The average Bonchev–Trinajstić information content (AvgIpc) is 3.30. The Labute approximate surface area is 156 Å². The largest absolute Gasteiger partial charge is 0.497 e. The van der Waals surface area contributed by atoms with Gasteiger partial charge in [0.15, 0.2) is 0 Å². The van der Waals surface area contributed by atoms with Crippen LogP contribution in [0.5, 0.6) is 5.75 Å². The van der Waals surface area contributed by atoms with Gasteiger partial charge in [-0.1, -0.05) is 30.3 Å². The second kappa shape index (κ2) is 5.99. The number of nitrogens with zero attached hydrogens (tertiary/aromatic N) is 2. The standard InChI is InChI=1S/C22H17N3O2/c1-27-16-9-6-14(7-10-16)21-17-4-2-3-5-18(17)22(26)25(21)15-8-11-19-20(12-15)24-13-23-19/h2-13,21H,1H3,(H,23,24). The highest BCUT2D eigenvalue weighted by molar-refractivity contribution is 6.12. The van der Waals surface area contributed by atoms with E-state index in [9.17, 15) is 4.79 Å². The number of benzene rings is 3. The Hall–Kier alpha value is -3.60. The van der Waals surface area contributed by atoms with Gasteiger partial charge in [-0.15, -0.1) is 0 Å². The van der Waals surface area contributed by atoms with Gasteiger partial charge >= 0.3 is 0 Å². The van der Waals surface area contributed by atoms with Crippen molar-refractivity contribution in [2.75, 3.05) is 12.0 Å².